The number of thiazole rings is 1. The Morgan fingerprint density at radius 3 is 2.07 bits per heavy atom. The van der Waals surface area contributed by atoms with Gasteiger partial charge in [-0.25, -0.2) is 9.97 Å². The molecule has 2 aromatic heterocycles. The van der Waals surface area contributed by atoms with Crippen LogP contribution in [-0.2, 0) is 4.79 Å². The molecule has 0 atom stereocenters. The number of nitrogens with one attached hydrogen (secondary N) is 1. The predicted octanol–water partition coefficient (Wildman–Crippen LogP) is 7.86. The second-order valence-electron chi connectivity index (χ2n) is 9.35. The van der Waals surface area contributed by atoms with E-state index in [1.54, 1.807) is 14.2 Å². The molecule has 0 bridgehead atoms. The first-order valence-electron chi connectivity index (χ1n) is 13.2. The maximum atomic E-state index is 12.8. The molecule has 0 aliphatic heterocycles. The van der Waals surface area contributed by atoms with Crippen molar-refractivity contribution in [1.29, 1.82) is 5.26 Å². The van der Waals surface area contributed by atoms with E-state index in [0.717, 1.165) is 50.7 Å². The lowest BCUT2D eigenvalue weighted by atomic mass is 9.98. The number of rotatable bonds is 10. The highest BCUT2D eigenvalue weighted by Gasteiger charge is 2.17. The molecule has 0 fully saturated rings. The van der Waals surface area contributed by atoms with Gasteiger partial charge in [-0.1, -0.05) is 29.8 Å². The molecule has 1 amide bonds. The summed E-state index contributed by atoms with van der Waals surface area (Å²) in [7, 11) is 3.26. The number of carbonyl (C=O) groups excluding carboxylic acids is 1. The van der Waals surface area contributed by atoms with Crippen molar-refractivity contribution in [1.82, 2.24) is 9.97 Å². The highest BCUT2D eigenvalue weighted by Crippen LogP contribution is 2.35. The minimum Gasteiger partial charge on any atom is -0.497 e. The van der Waals surface area contributed by atoms with E-state index in [0.29, 0.717) is 21.5 Å². The van der Waals surface area contributed by atoms with E-state index in [2.05, 4.69) is 16.4 Å². The summed E-state index contributed by atoms with van der Waals surface area (Å²) in [5.41, 5.74) is 6.75. The van der Waals surface area contributed by atoms with Crippen LogP contribution >= 0.6 is 23.1 Å². The molecule has 0 spiro atoms. The normalized spacial score (nSPS) is 10.6. The second-order valence-corrected chi connectivity index (χ2v) is 11.3. The van der Waals surface area contributed by atoms with Crippen LogP contribution in [-0.4, -0.2) is 35.8 Å². The molecule has 42 heavy (non-hydrogen) atoms. The van der Waals surface area contributed by atoms with Crippen LogP contribution in [0.1, 0.15) is 17.5 Å². The van der Waals surface area contributed by atoms with Gasteiger partial charge < -0.3 is 14.8 Å². The molecule has 3 aromatic carbocycles. The van der Waals surface area contributed by atoms with Crippen LogP contribution in [0.15, 0.2) is 89.3 Å². The number of ether oxygens (including phenoxy) is 2. The number of nitrogens with zero attached hydrogens (tertiary/aromatic N) is 3. The van der Waals surface area contributed by atoms with Crippen molar-refractivity contribution in [2.24, 2.45) is 0 Å². The summed E-state index contributed by atoms with van der Waals surface area (Å²) < 4.78 is 10.5. The van der Waals surface area contributed by atoms with E-state index in [1.165, 1.54) is 23.1 Å². The first-order valence-corrected chi connectivity index (χ1v) is 15.0. The molecule has 2 heterocycles. The van der Waals surface area contributed by atoms with Gasteiger partial charge in [0.2, 0.25) is 5.91 Å². The van der Waals surface area contributed by atoms with Gasteiger partial charge >= 0.3 is 0 Å². The molecule has 0 unspecified atom stereocenters. The number of methoxy groups -OCH3 is 2. The Labute approximate surface area is 253 Å². The van der Waals surface area contributed by atoms with E-state index in [9.17, 15) is 10.1 Å². The first kappa shape index (κ1) is 28.9. The summed E-state index contributed by atoms with van der Waals surface area (Å²) in [6.07, 6.45) is 0.237. The third kappa shape index (κ3) is 6.79. The van der Waals surface area contributed by atoms with Crippen LogP contribution in [0.2, 0.25) is 0 Å². The molecule has 9 heteroatoms. The Balaban J connectivity index is 1.32. The molecule has 5 rings (SSSR count). The van der Waals surface area contributed by atoms with Crippen molar-refractivity contribution in [3.8, 4) is 51.2 Å². The summed E-state index contributed by atoms with van der Waals surface area (Å²) in [4.78, 5) is 22.2. The van der Waals surface area contributed by atoms with Crippen molar-refractivity contribution >= 4 is 34.1 Å². The van der Waals surface area contributed by atoms with Crippen molar-refractivity contribution < 1.29 is 14.3 Å². The minimum absolute atomic E-state index is 0.151. The van der Waals surface area contributed by atoms with Crippen LogP contribution in [0.3, 0.4) is 0 Å². The highest BCUT2D eigenvalue weighted by molar-refractivity contribution is 7.99. The zero-order valence-electron chi connectivity index (χ0n) is 23.4. The third-order valence-corrected chi connectivity index (χ3v) is 8.29. The number of carbonyl (C=O) groups is 1. The van der Waals surface area contributed by atoms with Crippen LogP contribution in [0.25, 0.3) is 33.6 Å². The zero-order chi connectivity index (χ0) is 29.5. The van der Waals surface area contributed by atoms with Gasteiger partial charge in [0.25, 0.3) is 0 Å². The summed E-state index contributed by atoms with van der Waals surface area (Å²) in [5.74, 6) is 1.82. The van der Waals surface area contributed by atoms with Crippen LogP contribution < -0.4 is 14.8 Å². The number of nitriles is 1. The fourth-order valence-corrected chi connectivity index (χ4v) is 5.93. The molecule has 210 valence electrons. The Kier molecular flexibility index (Phi) is 9.17. The number of benzene rings is 3. The van der Waals surface area contributed by atoms with Gasteiger partial charge in [0.05, 0.1) is 31.2 Å². The smallest absolute Gasteiger partial charge is 0.226 e. The largest absolute Gasteiger partial charge is 0.497 e. The zero-order valence-corrected chi connectivity index (χ0v) is 25.0. The molecular formula is C33H28N4O3S2. The van der Waals surface area contributed by atoms with Gasteiger partial charge in [0.1, 0.15) is 22.6 Å². The van der Waals surface area contributed by atoms with Gasteiger partial charge in [0, 0.05) is 34.2 Å². The highest BCUT2D eigenvalue weighted by atomic mass is 32.2. The predicted molar refractivity (Wildman–Crippen MR) is 169 cm³/mol. The lowest BCUT2D eigenvalue weighted by Gasteiger charge is -2.13. The fraction of sp³-hybridized carbons (Fsp3) is 0.152. The first-order chi connectivity index (χ1) is 20.5. The second kappa shape index (κ2) is 13.3. The molecule has 0 radical (unpaired) electrons. The number of hydrogen-bond donors (Lipinski definition) is 1. The lowest BCUT2D eigenvalue weighted by Crippen LogP contribution is -2.12. The van der Waals surface area contributed by atoms with E-state index < -0.39 is 0 Å². The van der Waals surface area contributed by atoms with Gasteiger partial charge in [0.15, 0.2) is 5.13 Å². The Bertz CT molecular complexity index is 1730. The quantitative estimate of drug-likeness (QED) is 0.165. The summed E-state index contributed by atoms with van der Waals surface area (Å²) in [6.45, 7) is 2.03. The molecular weight excluding hydrogens is 565 g/mol. The number of aromatic nitrogens is 2. The number of thioether (sulfide) groups is 1. The van der Waals surface area contributed by atoms with Crippen LogP contribution in [0.5, 0.6) is 11.5 Å². The number of aryl methyl sites for hydroxylation is 1. The molecule has 0 saturated heterocycles. The SMILES string of the molecule is COc1ccc(-c2csc(NC(=O)CCSc3nc(-c4ccc(OC)cc4)cc(-c4ccc(C)cc4)c3C#N)n2)cc1. The standard InChI is InChI=1S/C33H28N4O3S2/c1-21-4-6-22(7-5-21)27-18-29(23-8-12-25(39-2)13-9-23)35-32(28(27)19-34)41-17-16-31(38)37-33-36-30(20-42-33)24-10-14-26(40-3)15-11-24/h4-15,18,20H,16-17H2,1-3H3,(H,36,37,38). The number of hydrogen-bond acceptors (Lipinski definition) is 8. The Hall–Kier alpha value is -4.65. The monoisotopic (exact) mass is 592 g/mol. The molecule has 0 aliphatic carbocycles. The molecule has 0 aliphatic rings. The van der Waals surface area contributed by atoms with Gasteiger partial charge in [-0.15, -0.1) is 23.1 Å². The Morgan fingerprint density at radius 2 is 1.48 bits per heavy atom. The fourth-order valence-electron chi connectivity index (χ4n) is 4.25. The number of anilines is 1. The van der Waals surface area contributed by atoms with Crippen LogP contribution in [0, 0.1) is 18.3 Å². The Morgan fingerprint density at radius 1 is 0.881 bits per heavy atom. The van der Waals surface area contributed by atoms with Crippen molar-refractivity contribution in [2.45, 2.75) is 18.4 Å². The summed E-state index contributed by atoms with van der Waals surface area (Å²) in [6, 6.07) is 27.7. The van der Waals surface area contributed by atoms with Gasteiger partial charge in [-0.2, -0.15) is 5.26 Å². The van der Waals surface area contributed by atoms with Crippen molar-refractivity contribution in [2.75, 3.05) is 25.3 Å². The molecule has 7 nitrogen and oxygen atoms in total. The maximum Gasteiger partial charge on any atom is 0.226 e. The lowest BCUT2D eigenvalue weighted by molar-refractivity contribution is -0.115. The molecule has 0 saturated carbocycles. The molecule has 5 aromatic rings. The van der Waals surface area contributed by atoms with E-state index in [4.69, 9.17) is 14.5 Å². The topological polar surface area (TPSA) is 97.1 Å². The van der Waals surface area contributed by atoms with E-state index in [1.807, 2.05) is 91.2 Å². The average molecular weight is 593 g/mol. The van der Waals surface area contributed by atoms with Crippen molar-refractivity contribution in [3.63, 3.8) is 0 Å². The van der Waals surface area contributed by atoms with Crippen molar-refractivity contribution in [3.05, 3.63) is 95.4 Å². The minimum atomic E-state index is -0.151. The summed E-state index contributed by atoms with van der Waals surface area (Å²) in [5, 5.41) is 16.1. The maximum absolute atomic E-state index is 12.8. The van der Waals surface area contributed by atoms with Gasteiger partial charge in [-0.05, 0) is 67.1 Å². The number of pyridine rings is 1. The van der Waals surface area contributed by atoms with Gasteiger partial charge in [-0.3, -0.25) is 4.79 Å². The van der Waals surface area contributed by atoms with Crippen LogP contribution in [0.4, 0.5) is 5.13 Å². The van der Waals surface area contributed by atoms with E-state index in [-0.39, 0.29) is 12.3 Å². The number of amides is 1. The van der Waals surface area contributed by atoms with E-state index >= 15 is 0 Å². The third-order valence-electron chi connectivity index (χ3n) is 6.55. The average Bonchev–Trinajstić information content (AvgIpc) is 3.49. The molecule has 1 N–H and O–H groups in total. The summed E-state index contributed by atoms with van der Waals surface area (Å²) >= 11 is 2.77.